The molecule has 0 aliphatic heterocycles. The fraction of sp³-hybridized carbons (Fsp3) is 0.190. The van der Waals surface area contributed by atoms with E-state index in [0.717, 1.165) is 45.1 Å². The molecule has 2 aromatic rings. The van der Waals surface area contributed by atoms with Crippen LogP contribution in [0.2, 0.25) is 0 Å². The quantitative estimate of drug-likeness (QED) is 0.548. The lowest BCUT2D eigenvalue weighted by Gasteiger charge is -2.22. The molecule has 0 saturated heterocycles. The van der Waals surface area contributed by atoms with Crippen molar-refractivity contribution in [1.82, 2.24) is 0 Å². The number of benzene rings is 2. The van der Waals surface area contributed by atoms with Crippen LogP contribution in [0, 0.1) is 5.92 Å². The molecule has 0 heterocycles. The zero-order chi connectivity index (χ0) is 17.1. The van der Waals surface area contributed by atoms with Gasteiger partial charge in [0, 0.05) is 15.6 Å². The van der Waals surface area contributed by atoms with E-state index < -0.39 is 0 Å². The normalized spacial score (nSPS) is 21.4. The number of hydrogen-bond donors (Lipinski definition) is 0. The molecule has 3 heteroatoms. The Labute approximate surface area is 153 Å². The number of carbonyl (C=O) groups is 1. The SMILES string of the molecule is [B]c1ccc(/C=C2\CC(C)C/C(=C\c3ccc(Br)cc3)C2=O)cc1. The lowest BCUT2D eigenvalue weighted by atomic mass is 9.80. The minimum Gasteiger partial charge on any atom is -0.289 e. The Morgan fingerprint density at radius 3 is 1.88 bits per heavy atom. The Hall–Kier alpha value is -1.87. The number of hydrogen-bond acceptors (Lipinski definition) is 1. The molecular formula is C21H18BBrO. The van der Waals surface area contributed by atoms with Crippen LogP contribution >= 0.6 is 15.9 Å². The second-order valence-corrected chi connectivity index (χ2v) is 7.32. The van der Waals surface area contributed by atoms with Crippen LogP contribution in [0.25, 0.3) is 12.2 Å². The van der Waals surface area contributed by atoms with Gasteiger partial charge in [0.25, 0.3) is 0 Å². The monoisotopic (exact) mass is 376 g/mol. The summed E-state index contributed by atoms with van der Waals surface area (Å²) in [7, 11) is 5.73. The minimum atomic E-state index is 0.160. The molecule has 0 bridgehead atoms. The summed E-state index contributed by atoms with van der Waals surface area (Å²) in [5, 5.41) is 0. The molecule has 0 N–H and O–H groups in total. The molecule has 3 rings (SSSR count). The zero-order valence-electron chi connectivity index (χ0n) is 13.6. The minimum absolute atomic E-state index is 0.160. The van der Waals surface area contributed by atoms with Gasteiger partial charge in [-0.05, 0) is 54.2 Å². The highest BCUT2D eigenvalue weighted by Gasteiger charge is 2.25. The molecule has 24 heavy (non-hydrogen) atoms. The second-order valence-electron chi connectivity index (χ2n) is 6.40. The van der Waals surface area contributed by atoms with Gasteiger partial charge in [0.1, 0.15) is 7.85 Å². The Kier molecular flexibility index (Phi) is 5.20. The first-order valence-corrected chi connectivity index (χ1v) is 8.87. The van der Waals surface area contributed by atoms with Gasteiger partial charge < -0.3 is 0 Å². The van der Waals surface area contributed by atoms with E-state index in [1.807, 2.05) is 60.7 Å². The van der Waals surface area contributed by atoms with Gasteiger partial charge in [-0.15, -0.1) is 0 Å². The maximum Gasteiger partial charge on any atom is 0.185 e. The summed E-state index contributed by atoms with van der Waals surface area (Å²) in [5.41, 5.74) is 4.57. The lowest BCUT2D eigenvalue weighted by Crippen LogP contribution is -2.18. The summed E-state index contributed by atoms with van der Waals surface area (Å²) in [6.07, 6.45) is 5.66. The lowest BCUT2D eigenvalue weighted by molar-refractivity contribution is -0.113. The highest BCUT2D eigenvalue weighted by molar-refractivity contribution is 9.10. The summed E-state index contributed by atoms with van der Waals surface area (Å²) in [4.78, 5) is 12.8. The average Bonchev–Trinajstić information content (AvgIpc) is 2.56. The van der Waals surface area contributed by atoms with Crippen molar-refractivity contribution in [2.45, 2.75) is 19.8 Å². The number of ketones is 1. The van der Waals surface area contributed by atoms with Crippen molar-refractivity contribution in [2.24, 2.45) is 5.92 Å². The van der Waals surface area contributed by atoms with Gasteiger partial charge in [-0.2, -0.15) is 0 Å². The van der Waals surface area contributed by atoms with Crippen molar-refractivity contribution in [2.75, 3.05) is 0 Å². The molecule has 1 atom stereocenters. The Morgan fingerprint density at radius 1 is 0.917 bits per heavy atom. The summed E-state index contributed by atoms with van der Waals surface area (Å²) < 4.78 is 1.04. The van der Waals surface area contributed by atoms with Crippen LogP contribution in [0.3, 0.4) is 0 Å². The summed E-state index contributed by atoms with van der Waals surface area (Å²) in [5.74, 6) is 0.622. The van der Waals surface area contributed by atoms with E-state index in [1.54, 1.807) is 0 Å². The standard InChI is InChI=1S/C21H18BBrO/c1-14-10-17(12-15-2-6-19(22)7-3-15)21(24)18(11-14)13-16-4-8-20(23)9-5-16/h2-9,12-14H,10-11H2,1H3/b17-12+,18-13+. The first-order chi connectivity index (χ1) is 11.5. The highest BCUT2D eigenvalue weighted by Crippen LogP contribution is 2.32. The molecular weight excluding hydrogens is 359 g/mol. The van der Waals surface area contributed by atoms with E-state index in [-0.39, 0.29) is 5.78 Å². The third kappa shape index (κ3) is 4.15. The molecule has 1 aliphatic rings. The molecule has 0 spiro atoms. The van der Waals surface area contributed by atoms with Crippen molar-refractivity contribution < 1.29 is 4.79 Å². The van der Waals surface area contributed by atoms with Crippen molar-refractivity contribution in [3.63, 3.8) is 0 Å². The van der Waals surface area contributed by atoms with Crippen molar-refractivity contribution in [1.29, 1.82) is 0 Å². The average molecular weight is 377 g/mol. The summed E-state index contributed by atoms with van der Waals surface area (Å²) in [6, 6.07) is 15.7. The number of rotatable bonds is 2. The number of allylic oxidation sites excluding steroid dienone is 2. The first-order valence-electron chi connectivity index (χ1n) is 8.08. The maximum absolute atomic E-state index is 12.8. The van der Waals surface area contributed by atoms with Crippen molar-refractivity contribution in [3.8, 4) is 0 Å². The molecule has 1 aliphatic carbocycles. The van der Waals surface area contributed by atoms with Gasteiger partial charge in [-0.1, -0.05) is 64.7 Å². The van der Waals surface area contributed by atoms with E-state index in [0.29, 0.717) is 5.92 Å². The molecule has 2 aromatic carbocycles. The van der Waals surface area contributed by atoms with Gasteiger partial charge >= 0.3 is 0 Å². The van der Waals surface area contributed by atoms with E-state index in [2.05, 4.69) is 22.9 Å². The maximum atomic E-state index is 12.8. The largest absolute Gasteiger partial charge is 0.289 e. The molecule has 1 fully saturated rings. The van der Waals surface area contributed by atoms with Crippen LogP contribution in [-0.2, 0) is 4.79 Å². The van der Waals surface area contributed by atoms with Crippen LogP contribution in [-0.4, -0.2) is 13.6 Å². The van der Waals surface area contributed by atoms with E-state index in [1.165, 1.54) is 0 Å². The highest BCUT2D eigenvalue weighted by atomic mass is 79.9. The molecule has 1 unspecified atom stereocenters. The summed E-state index contributed by atoms with van der Waals surface area (Å²) >= 11 is 3.44. The molecule has 2 radical (unpaired) electrons. The van der Waals surface area contributed by atoms with Gasteiger partial charge in [0.15, 0.2) is 5.78 Å². The van der Waals surface area contributed by atoms with E-state index in [9.17, 15) is 4.79 Å². The fourth-order valence-electron chi connectivity index (χ4n) is 3.02. The topological polar surface area (TPSA) is 17.1 Å². The summed E-state index contributed by atoms with van der Waals surface area (Å²) in [6.45, 7) is 2.19. The molecule has 1 saturated carbocycles. The predicted octanol–water partition coefficient (Wildman–Crippen LogP) is 4.71. The Bertz CT molecular complexity index is 733. The number of Topliss-reactive ketones (excluding diaryl/α,β-unsaturated/α-hetero) is 1. The van der Waals surface area contributed by atoms with Gasteiger partial charge in [0.05, 0.1) is 0 Å². The number of halogens is 1. The third-order valence-corrected chi connectivity index (χ3v) is 4.74. The van der Waals surface area contributed by atoms with Crippen molar-refractivity contribution in [3.05, 3.63) is 75.3 Å². The Balaban J connectivity index is 1.90. The van der Waals surface area contributed by atoms with Gasteiger partial charge in [-0.3, -0.25) is 4.79 Å². The first kappa shape index (κ1) is 17.0. The Morgan fingerprint density at radius 2 is 1.38 bits per heavy atom. The van der Waals surface area contributed by atoms with Crippen LogP contribution < -0.4 is 5.46 Å². The van der Waals surface area contributed by atoms with E-state index >= 15 is 0 Å². The molecule has 118 valence electrons. The van der Waals surface area contributed by atoms with Crippen molar-refractivity contribution >= 4 is 47.2 Å². The van der Waals surface area contributed by atoms with Crippen LogP contribution in [0.15, 0.2) is 64.1 Å². The molecule has 0 amide bonds. The molecule has 0 aromatic heterocycles. The van der Waals surface area contributed by atoms with Crippen LogP contribution in [0.5, 0.6) is 0 Å². The second kappa shape index (κ2) is 7.35. The predicted molar refractivity (Wildman–Crippen MR) is 105 cm³/mol. The zero-order valence-corrected chi connectivity index (χ0v) is 15.2. The van der Waals surface area contributed by atoms with Crippen LogP contribution in [0.4, 0.5) is 0 Å². The van der Waals surface area contributed by atoms with E-state index in [4.69, 9.17) is 7.85 Å². The van der Waals surface area contributed by atoms with Gasteiger partial charge in [-0.25, -0.2) is 0 Å². The smallest absolute Gasteiger partial charge is 0.185 e. The van der Waals surface area contributed by atoms with Crippen LogP contribution in [0.1, 0.15) is 30.9 Å². The molecule has 1 nitrogen and oxygen atoms in total. The van der Waals surface area contributed by atoms with Gasteiger partial charge in [0.2, 0.25) is 0 Å². The fourth-order valence-corrected chi connectivity index (χ4v) is 3.28. The third-order valence-electron chi connectivity index (χ3n) is 4.21. The number of carbonyl (C=O) groups excluding carboxylic acids is 1.